The van der Waals surface area contributed by atoms with Gasteiger partial charge < -0.3 is 5.11 Å². The first-order valence-electron chi connectivity index (χ1n) is 4.19. The summed E-state index contributed by atoms with van der Waals surface area (Å²) in [6, 6.07) is 0. The van der Waals surface area contributed by atoms with Crippen LogP contribution in [-0.4, -0.2) is 21.7 Å². The Hall–Kier alpha value is -0.960. The molecule has 1 aromatic rings. The van der Waals surface area contributed by atoms with Gasteiger partial charge in [-0.3, -0.25) is 0 Å². The standard InChI is InChI=1S/C9H12N2O/c12-6-9(1-2-9)3-8-4-10-7-11-5-8/h4-5,7,12H,1-3,6H2. The van der Waals surface area contributed by atoms with E-state index in [1.54, 1.807) is 0 Å². The van der Waals surface area contributed by atoms with Crippen LogP contribution < -0.4 is 0 Å². The SMILES string of the molecule is OCC1(Cc2cncnc2)CC1. The van der Waals surface area contributed by atoms with E-state index < -0.39 is 0 Å². The number of nitrogens with zero attached hydrogens (tertiary/aromatic N) is 2. The van der Waals surface area contributed by atoms with Gasteiger partial charge in [0.1, 0.15) is 6.33 Å². The van der Waals surface area contributed by atoms with Crippen molar-refractivity contribution in [3.8, 4) is 0 Å². The van der Waals surface area contributed by atoms with Crippen LogP contribution in [0.15, 0.2) is 18.7 Å². The molecule has 0 atom stereocenters. The van der Waals surface area contributed by atoms with Crippen LogP contribution in [0, 0.1) is 5.41 Å². The topological polar surface area (TPSA) is 46.0 Å². The fourth-order valence-corrected chi connectivity index (χ4v) is 1.42. The Morgan fingerprint density at radius 1 is 1.33 bits per heavy atom. The highest BCUT2D eigenvalue weighted by Gasteiger charge is 2.41. The third kappa shape index (κ3) is 1.46. The van der Waals surface area contributed by atoms with Crippen molar-refractivity contribution < 1.29 is 5.11 Å². The normalized spacial score (nSPS) is 19.1. The van der Waals surface area contributed by atoms with Gasteiger partial charge in [0.2, 0.25) is 0 Å². The molecule has 0 aliphatic heterocycles. The molecule has 3 heteroatoms. The molecule has 1 N–H and O–H groups in total. The van der Waals surface area contributed by atoms with E-state index in [-0.39, 0.29) is 5.41 Å². The van der Waals surface area contributed by atoms with Crippen molar-refractivity contribution in [2.45, 2.75) is 19.3 Å². The van der Waals surface area contributed by atoms with Crippen LogP contribution in [0.3, 0.4) is 0 Å². The zero-order chi connectivity index (χ0) is 8.44. The Kier molecular flexibility index (Phi) is 1.81. The number of rotatable bonds is 3. The smallest absolute Gasteiger partial charge is 0.115 e. The van der Waals surface area contributed by atoms with Gasteiger partial charge in [-0.05, 0) is 30.2 Å². The molecule has 0 unspecified atom stereocenters. The molecule has 0 radical (unpaired) electrons. The number of aromatic nitrogens is 2. The largest absolute Gasteiger partial charge is 0.396 e. The summed E-state index contributed by atoms with van der Waals surface area (Å²) in [5.41, 5.74) is 1.30. The van der Waals surface area contributed by atoms with Gasteiger partial charge in [0.15, 0.2) is 0 Å². The van der Waals surface area contributed by atoms with E-state index in [1.807, 2.05) is 12.4 Å². The van der Waals surface area contributed by atoms with E-state index in [0.717, 1.165) is 24.8 Å². The molecule has 1 aliphatic carbocycles. The summed E-state index contributed by atoms with van der Waals surface area (Å²) < 4.78 is 0. The molecule has 1 fully saturated rings. The highest BCUT2D eigenvalue weighted by Crippen LogP contribution is 2.47. The van der Waals surface area contributed by atoms with E-state index in [0.29, 0.717) is 6.61 Å². The average Bonchev–Trinajstić information content (AvgIpc) is 2.88. The summed E-state index contributed by atoms with van der Waals surface area (Å²) in [6.07, 6.45) is 8.37. The maximum atomic E-state index is 9.08. The van der Waals surface area contributed by atoms with Crippen molar-refractivity contribution in [2.24, 2.45) is 5.41 Å². The lowest BCUT2D eigenvalue weighted by Gasteiger charge is -2.09. The lowest BCUT2D eigenvalue weighted by atomic mass is 10.00. The quantitative estimate of drug-likeness (QED) is 0.718. The predicted octanol–water partition coefficient (Wildman–Crippen LogP) is 0.792. The Morgan fingerprint density at radius 2 is 2.00 bits per heavy atom. The maximum absolute atomic E-state index is 9.08. The highest BCUT2D eigenvalue weighted by atomic mass is 16.3. The number of aliphatic hydroxyl groups excluding tert-OH is 1. The molecule has 0 amide bonds. The molecule has 1 aliphatic rings. The summed E-state index contributed by atoms with van der Waals surface area (Å²) in [4.78, 5) is 7.88. The van der Waals surface area contributed by atoms with Gasteiger partial charge in [-0.25, -0.2) is 9.97 Å². The fourth-order valence-electron chi connectivity index (χ4n) is 1.42. The number of hydrogen-bond acceptors (Lipinski definition) is 3. The molecule has 64 valence electrons. The zero-order valence-corrected chi connectivity index (χ0v) is 6.90. The molecule has 0 aromatic carbocycles. The van der Waals surface area contributed by atoms with Crippen molar-refractivity contribution in [2.75, 3.05) is 6.61 Å². The number of hydrogen-bond donors (Lipinski definition) is 1. The third-order valence-corrected chi connectivity index (χ3v) is 2.49. The second kappa shape index (κ2) is 2.83. The van der Waals surface area contributed by atoms with Crippen molar-refractivity contribution in [1.29, 1.82) is 0 Å². The van der Waals surface area contributed by atoms with Crippen molar-refractivity contribution in [3.05, 3.63) is 24.3 Å². The van der Waals surface area contributed by atoms with E-state index in [1.165, 1.54) is 6.33 Å². The third-order valence-electron chi connectivity index (χ3n) is 2.49. The summed E-state index contributed by atoms with van der Waals surface area (Å²) in [5, 5.41) is 9.08. The first-order valence-corrected chi connectivity index (χ1v) is 4.19. The Bertz CT molecular complexity index is 256. The molecule has 1 saturated carbocycles. The molecular formula is C9H12N2O. The van der Waals surface area contributed by atoms with Gasteiger partial charge in [-0.15, -0.1) is 0 Å². The van der Waals surface area contributed by atoms with Gasteiger partial charge >= 0.3 is 0 Å². The van der Waals surface area contributed by atoms with Gasteiger partial charge in [-0.1, -0.05) is 0 Å². The molecule has 3 nitrogen and oxygen atoms in total. The van der Waals surface area contributed by atoms with Crippen LogP contribution in [-0.2, 0) is 6.42 Å². The molecule has 0 bridgehead atoms. The van der Waals surface area contributed by atoms with E-state index >= 15 is 0 Å². The van der Waals surface area contributed by atoms with Crippen LogP contribution in [0.2, 0.25) is 0 Å². The van der Waals surface area contributed by atoms with Crippen LogP contribution in [0.1, 0.15) is 18.4 Å². The van der Waals surface area contributed by atoms with E-state index in [2.05, 4.69) is 9.97 Å². The fraction of sp³-hybridized carbons (Fsp3) is 0.556. The molecular weight excluding hydrogens is 152 g/mol. The summed E-state index contributed by atoms with van der Waals surface area (Å²) in [6.45, 7) is 0.294. The Labute approximate surface area is 71.5 Å². The van der Waals surface area contributed by atoms with Crippen LogP contribution in [0.5, 0.6) is 0 Å². The first-order chi connectivity index (χ1) is 5.85. The minimum atomic E-state index is 0.171. The van der Waals surface area contributed by atoms with E-state index in [4.69, 9.17) is 5.11 Å². The van der Waals surface area contributed by atoms with Crippen molar-refractivity contribution in [1.82, 2.24) is 9.97 Å². The number of aliphatic hydroxyl groups is 1. The lowest BCUT2D eigenvalue weighted by Crippen LogP contribution is -2.10. The first kappa shape index (κ1) is 7.68. The average molecular weight is 164 g/mol. The highest BCUT2D eigenvalue weighted by molar-refractivity contribution is 5.10. The maximum Gasteiger partial charge on any atom is 0.115 e. The predicted molar refractivity (Wildman–Crippen MR) is 44.5 cm³/mol. The summed E-state index contributed by atoms with van der Waals surface area (Å²) in [5.74, 6) is 0. The minimum Gasteiger partial charge on any atom is -0.396 e. The summed E-state index contributed by atoms with van der Waals surface area (Å²) in [7, 11) is 0. The molecule has 1 heterocycles. The van der Waals surface area contributed by atoms with E-state index in [9.17, 15) is 0 Å². The second-order valence-electron chi connectivity index (χ2n) is 3.58. The van der Waals surface area contributed by atoms with Gasteiger partial charge in [0.05, 0.1) is 0 Å². The van der Waals surface area contributed by atoms with Gasteiger partial charge in [-0.2, -0.15) is 0 Å². The molecule has 0 saturated heterocycles. The van der Waals surface area contributed by atoms with Gasteiger partial charge in [0, 0.05) is 19.0 Å². The zero-order valence-electron chi connectivity index (χ0n) is 6.90. The van der Waals surface area contributed by atoms with Crippen molar-refractivity contribution >= 4 is 0 Å². The lowest BCUT2D eigenvalue weighted by molar-refractivity contribution is 0.211. The van der Waals surface area contributed by atoms with Crippen molar-refractivity contribution in [3.63, 3.8) is 0 Å². The molecule has 0 spiro atoms. The van der Waals surface area contributed by atoms with Gasteiger partial charge in [0.25, 0.3) is 0 Å². The molecule has 12 heavy (non-hydrogen) atoms. The van der Waals surface area contributed by atoms with Crippen LogP contribution >= 0.6 is 0 Å². The molecule has 2 rings (SSSR count). The Balaban J connectivity index is 2.04. The minimum absolute atomic E-state index is 0.171. The Morgan fingerprint density at radius 3 is 2.50 bits per heavy atom. The summed E-state index contributed by atoms with van der Waals surface area (Å²) >= 11 is 0. The monoisotopic (exact) mass is 164 g/mol. The molecule has 1 aromatic heterocycles. The second-order valence-corrected chi connectivity index (χ2v) is 3.58. The van der Waals surface area contributed by atoms with Crippen LogP contribution in [0.25, 0.3) is 0 Å². The van der Waals surface area contributed by atoms with Crippen LogP contribution in [0.4, 0.5) is 0 Å².